The molecular weight excluding hydrogens is 386 g/mol. The van der Waals surface area contributed by atoms with Crippen LogP contribution in [0.2, 0.25) is 0 Å². The molecule has 3 aromatic rings. The number of carbonyl (C=O) groups excluding carboxylic acids is 2. The van der Waals surface area contributed by atoms with Crippen LogP contribution in [0.1, 0.15) is 46.1 Å². The normalized spacial score (nSPS) is 18.1. The second-order valence-corrected chi connectivity index (χ2v) is 8.17. The first-order valence-electron chi connectivity index (χ1n) is 10.8. The first kappa shape index (κ1) is 19.4. The molecule has 5 nitrogen and oxygen atoms in total. The van der Waals surface area contributed by atoms with Crippen molar-refractivity contribution in [3.63, 3.8) is 0 Å². The van der Waals surface area contributed by atoms with Crippen LogP contribution in [0.5, 0.6) is 0 Å². The van der Waals surface area contributed by atoms with E-state index in [-0.39, 0.29) is 17.9 Å². The van der Waals surface area contributed by atoms with Crippen LogP contribution >= 0.6 is 0 Å². The third-order valence-electron chi connectivity index (χ3n) is 5.94. The van der Waals surface area contributed by atoms with Gasteiger partial charge in [-0.3, -0.25) is 9.59 Å². The minimum Gasteiger partial charge on any atom is -0.349 e. The first-order valence-corrected chi connectivity index (χ1v) is 10.8. The smallest absolute Gasteiger partial charge is 0.251 e. The number of hydrogen-bond acceptors (Lipinski definition) is 2. The van der Waals surface area contributed by atoms with Gasteiger partial charge in [0.1, 0.15) is 0 Å². The van der Waals surface area contributed by atoms with Crippen LogP contribution in [0.15, 0.2) is 79.0 Å². The van der Waals surface area contributed by atoms with Crippen LogP contribution in [0, 0.1) is 0 Å². The van der Waals surface area contributed by atoms with Gasteiger partial charge in [0.05, 0.1) is 6.04 Å². The Balaban J connectivity index is 1.33. The zero-order valence-electron chi connectivity index (χ0n) is 17.3. The monoisotopic (exact) mass is 411 g/mol. The minimum atomic E-state index is -0.101. The summed E-state index contributed by atoms with van der Waals surface area (Å²) in [7, 11) is 0. The van der Waals surface area contributed by atoms with Crippen LogP contribution < -0.4 is 5.32 Å². The molecule has 2 amide bonds. The number of nitrogens with zero attached hydrogens (tertiary/aromatic N) is 2. The zero-order chi connectivity index (χ0) is 21.2. The fourth-order valence-corrected chi connectivity index (χ4v) is 4.11. The molecule has 1 fully saturated rings. The topological polar surface area (TPSA) is 54.3 Å². The molecule has 5 rings (SSSR count). The molecule has 1 saturated carbocycles. The van der Waals surface area contributed by atoms with Gasteiger partial charge >= 0.3 is 0 Å². The van der Waals surface area contributed by atoms with Crippen molar-refractivity contribution in [2.45, 2.75) is 31.5 Å². The molecule has 1 aliphatic heterocycles. The maximum Gasteiger partial charge on any atom is 0.251 e. The van der Waals surface area contributed by atoms with E-state index in [4.69, 9.17) is 0 Å². The van der Waals surface area contributed by atoms with E-state index in [1.807, 2.05) is 59.5 Å². The number of carbonyl (C=O) groups is 2. The van der Waals surface area contributed by atoms with E-state index in [1.54, 1.807) is 6.08 Å². The molecule has 1 atom stereocenters. The van der Waals surface area contributed by atoms with E-state index in [2.05, 4.69) is 34.3 Å². The van der Waals surface area contributed by atoms with E-state index in [9.17, 15) is 9.59 Å². The van der Waals surface area contributed by atoms with Gasteiger partial charge in [0.2, 0.25) is 5.91 Å². The third kappa shape index (κ3) is 4.17. The quantitative estimate of drug-likeness (QED) is 0.645. The van der Waals surface area contributed by atoms with Gasteiger partial charge in [0.25, 0.3) is 5.91 Å². The van der Waals surface area contributed by atoms with Crippen molar-refractivity contribution in [3.05, 3.63) is 101 Å². The molecule has 2 heterocycles. The molecule has 2 aliphatic rings. The number of rotatable bonds is 5. The molecule has 1 aliphatic carbocycles. The predicted molar refractivity (Wildman–Crippen MR) is 120 cm³/mol. The molecule has 0 spiro atoms. The number of nitrogens with one attached hydrogen (secondary N) is 1. The van der Waals surface area contributed by atoms with E-state index < -0.39 is 0 Å². The number of benzene rings is 2. The van der Waals surface area contributed by atoms with E-state index in [0.29, 0.717) is 18.2 Å². The molecule has 1 aromatic heterocycles. The number of amides is 2. The van der Waals surface area contributed by atoms with Crippen LogP contribution in [-0.2, 0) is 11.3 Å². The molecule has 0 radical (unpaired) electrons. The van der Waals surface area contributed by atoms with Crippen molar-refractivity contribution in [1.29, 1.82) is 0 Å². The standard InChI is InChI=1S/C26H25N3O2/c30-24(15-10-19-8-11-21(12-9-19)26(31)27-22-13-14-22)29-18-17-28-16-4-7-23(28)25(29)20-5-2-1-3-6-20/h1-12,15-16,22,25H,13-14,17-18H2,(H,27,31)/b15-10+. The summed E-state index contributed by atoms with van der Waals surface area (Å²) in [4.78, 5) is 27.2. The van der Waals surface area contributed by atoms with Crippen molar-refractivity contribution in [2.75, 3.05) is 6.54 Å². The average Bonchev–Trinajstić information content (AvgIpc) is 3.49. The minimum absolute atomic E-state index is 0.0168. The van der Waals surface area contributed by atoms with Gasteiger partial charge in [-0.2, -0.15) is 0 Å². The summed E-state index contributed by atoms with van der Waals surface area (Å²) in [5, 5.41) is 2.99. The van der Waals surface area contributed by atoms with E-state index >= 15 is 0 Å². The summed E-state index contributed by atoms with van der Waals surface area (Å²) in [5.74, 6) is -0.0482. The van der Waals surface area contributed by atoms with Crippen LogP contribution in [0.3, 0.4) is 0 Å². The Morgan fingerprint density at radius 2 is 1.68 bits per heavy atom. The molecular formula is C26H25N3O2. The predicted octanol–water partition coefficient (Wildman–Crippen LogP) is 4.03. The molecule has 0 bridgehead atoms. The largest absolute Gasteiger partial charge is 0.349 e. The Labute approximate surface area is 182 Å². The van der Waals surface area contributed by atoms with Gasteiger partial charge in [-0.05, 0) is 54.3 Å². The molecule has 5 heteroatoms. The van der Waals surface area contributed by atoms with Crippen LogP contribution in [-0.4, -0.2) is 33.9 Å². The Hall–Kier alpha value is -3.60. The van der Waals surface area contributed by atoms with Crippen molar-refractivity contribution in [2.24, 2.45) is 0 Å². The summed E-state index contributed by atoms with van der Waals surface area (Å²) < 4.78 is 2.22. The average molecular weight is 412 g/mol. The molecule has 2 aromatic carbocycles. The molecule has 31 heavy (non-hydrogen) atoms. The van der Waals surface area contributed by atoms with Gasteiger partial charge in [0.15, 0.2) is 0 Å². The summed E-state index contributed by atoms with van der Waals surface area (Å²) >= 11 is 0. The highest BCUT2D eigenvalue weighted by atomic mass is 16.2. The van der Waals surface area contributed by atoms with Crippen molar-refractivity contribution < 1.29 is 9.59 Å². The van der Waals surface area contributed by atoms with Gasteiger partial charge < -0.3 is 14.8 Å². The maximum absolute atomic E-state index is 13.2. The Morgan fingerprint density at radius 1 is 0.903 bits per heavy atom. The highest BCUT2D eigenvalue weighted by Gasteiger charge is 2.31. The SMILES string of the molecule is O=C(NC1CC1)c1ccc(/C=C/C(=O)N2CCn3cccc3C2c2ccccc2)cc1. The first-order chi connectivity index (χ1) is 15.2. The lowest BCUT2D eigenvalue weighted by atomic mass is 9.99. The summed E-state index contributed by atoms with van der Waals surface area (Å²) in [6.45, 7) is 1.45. The van der Waals surface area contributed by atoms with Crippen molar-refractivity contribution in [1.82, 2.24) is 14.8 Å². The number of hydrogen-bond donors (Lipinski definition) is 1. The Kier molecular flexibility index (Phi) is 5.16. The Bertz CT molecular complexity index is 1110. The fourth-order valence-electron chi connectivity index (χ4n) is 4.11. The lowest BCUT2D eigenvalue weighted by molar-refractivity contribution is -0.128. The fraction of sp³-hybridized carbons (Fsp3) is 0.231. The lowest BCUT2D eigenvalue weighted by Gasteiger charge is -2.36. The second-order valence-electron chi connectivity index (χ2n) is 8.17. The molecule has 0 saturated heterocycles. The van der Waals surface area contributed by atoms with Crippen molar-refractivity contribution in [3.8, 4) is 0 Å². The zero-order valence-corrected chi connectivity index (χ0v) is 17.3. The molecule has 1 unspecified atom stereocenters. The van der Waals surface area contributed by atoms with Crippen LogP contribution in [0.4, 0.5) is 0 Å². The number of fused-ring (bicyclic) bond motifs is 1. The van der Waals surface area contributed by atoms with E-state index in [1.165, 1.54) is 0 Å². The summed E-state index contributed by atoms with van der Waals surface area (Å²) in [5.41, 5.74) is 3.78. The summed E-state index contributed by atoms with van der Waals surface area (Å²) in [6, 6.07) is 21.9. The second kappa shape index (κ2) is 8.26. The maximum atomic E-state index is 13.2. The highest BCUT2D eigenvalue weighted by Crippen LogP contribution is 2.32. The van der Waals surface area contributed by atoms with Gasteiger partial charge in [0, 0.05) is 42.7 Å². The number of aromatic nitrogens is 1. The Morgan fingerprint density at radius 3 is 2.42 bits per heavy atom. The third-order valence-corrected chi connectivity index (χ3v) is 5.94. The van der Waals surface area contributed by atoms with Crippen molar-refractivity contribution >= 4 is 17.9 Å². The van der Waals surface area contributed by atoms with Gasteiger partial charge in [-0.15, -0.1) is 0 Å². The molecule has 1 N–H and O–H groups in total. The lowest BCUT2D eigenvalue weighted by Crippen LogP contribution is -2.41. The van der Waals surface area contributed by atoms with E-state index in [0.717, 1.165) is 36.2 Å². The summed E-state index contributed by atoms with van der Waals surface area (Å²) in [6.07, 6.45) is 7.66. The highest BCUT2D eigenvalue weighted by molar-refractivity contribution is 5.95. The van der Waals surface area contributed by atoms with Gasteiger partial charge in [-0.1, -0.05) is 42.5 Å². The molecule has 156 valence electrons. The van der Waals surface area contributed by atoms with Crippen LogP contribution in [0.25, 0.3) is 6.08 Å². The van der Waals surface area contributed by atoms with Gasteiger partial charge in [-0.25, -0.2) is 0 Å².